The van der Waals surface area contributed by atoms with E-state index < -0.39 is 28.4 Å². The molecule has 1 atom stereocenters. The maximum Gasteiger partial charge on any atom is 0.332 e. The van der Waals surface area contributed by atoms with Gasteiger partial charge in [0.25, 0.3) is 0 Å². The Hall–Kier alpha value is -5.26. The zero-order chi connectivity index (χ0) is 35.7. The Kier molecular flexibility index (Phi) is 9.39. The van der Waals surface area contributed by atoms with E-state index in [1.54, 1.807) is 19.4 Å². The predicted molar refractivity (Wildman–Crippen MR) is 194 cm³/mol. The first kappa shape index (κ1) is 34.6. The number of anilines is 4. The predicted octanol–water partition coefficient (Wildman–Crippen LogP) is 8.17. The summed E-state index contributed by atoms with van der Waals surface area (Å²) >= 11 is 0. The summed E-state index contributed by atoms with van der Waals surface area (Å²) in [6.07, 6.45) is 1.65. The van der Waals surface area contributed by atoms with Gasteiger partial charge in [-0.05, 0) is 59.9 Å². The number of aromatic nitrogens is 2. The minimum Gasteiger partial charge on any atom is -0.497 e. The smallest absolute Gasteiger partial charge is 0.332 e. The summed E-state index contributed by atoms with van der Waals surface area (Å²) in [5.41, 5.74) is -0.0555. The SMILES string of the molecule is COc1ccc(Nc2ncc3c(n2)N(C(C)(O[Si])C(c2ccccc2)(c2ccccc2)C(C)(C)C)C(=O)N(c2ccc(OC)cc2F)C3)cc1. The fourth-order valence-corrected chi connectivity index (χ4v) is 7.60. The zero-order valence-electron chi connectivity index (χ0n) is 28.9. The van der Waals surface area contributed by atoms with Crippen LogP contribution in [0.1, 0.15) is 44.4 Å². The van der Waals surface area contributed by atoms with Gasteiger partial charge in [0.1, 0.15) is 17.3 Å². The highest BCUT2D eigenvalue weighted by Crippen LogP contribution is 2.57. The van der Waals surface area contributed by atoms with Crippen molar-refractivity contribution in [2.75, 3.05) is 29.3 Å². The number of ether oxygens (including phenoxy) is 2. The second kappa shape index (κ2) is 13.6. The minimum absolute atomic E-state index is 0.00766. The Morgan fingerprint density at radius 1 is 0.820 bits per heavy atom. The first-order valence-corrected chi connectivity index (χ1v) is 16.6. The van der Waals surface area contributed by atoms with Gasteiger partial charge in [-0.1, -0.05) is 81.4 Å². The molecule has 1 aliphatic rings. The molecule has 2 amide bonds. The van der Waals surface area contributed by atoms with Crippen LogP contribution in [0.5, 0.6) is 11.5 Å². The van der Waals surface area contributed by atoms with E-state index >= 15 is 9.18 Å². The second-order valence-electron chi connectivity index (χ2n) is 13.2. The number of hydrogen-bond donors (Lipinski definition) is 1. The number of urea groups is 1. The molecule has 0 bridgehead atoms. The van der Waals surface area contributed by atoms with Crippen molar-refractivity contribution in [3.05, 3.63) is 132 Å². The second-order valence-corrected chi connectivity index (χ2v) is 13.4. The number of hydrogen-bond acceptors (Lipinski definition) is 7. The Bertz CT molecular complexity index is 1940. The molecule has 0 spiro atoms. The Labute approximate surface area is 295 Å². The number of halogens is 1. The van der Waals surface area contributed by atoms with Crippen molar-refractivity contribution in [3.63, 3.8) is 0 Å². The third kappa shape index (κ3) is 5.75. The van der Waals surface area contributed by atoms with Crippen LogP contribution < -0.4 is 24.6 Å². The fraction of sp³-hybridized carbons (Fsp3) is 0.256. The molecule has 0 aliphatic carbocycles. The van der Waals surface area contributed by atoms with Crippen molar-refractivity contribution in [1.82, 2.24) is 9.97 Å². The van der Waals surface area contributed by atoms with E-state index in [4.69, 9.17) is 18.9 Å². The molecule has 1 aromatic heterocycles. The van der Waals surface area contributed by atoms with Gasteiger partial charge in [0.2, 0.25) is 16.4 Å². The molecular formula is C39H39FN5O4Si. The van der Waals surface area contributed by atoms with Crippen LogP contribution in [0.3, 0.4) is 0 Å². The zero-order valence-corrected chi connectivity index (χ0v) is 29.9. The molecule has 0 saturated carbocycles. The van der Waals surface area contributed by atoms with Crippen molar-refractivity contribution in [2.24, 2.45) is 5.41 Å². The van der Waals surface area contributed by atoms with Crippen LogP contribution in [0.4, 0.5) is 32.3 Å². The average Bonchev–Trinajstić information content (AvgIpc) is 3.12. The van der Waals surface area contributed by atoms with E-state index in [0.717, 1.165) is 16.8 Å². The lowest BCUT2D eigenvalue weighted by molar-refractivity contribution is -0.0243. The largest absolute Gasteiger partial charge is 0.497 e. The molecule has 2 heterocycles. The Balaban J connectivity index is 1.63. The molecule has 5 aromatic rings. The molecule has 1 aliphatic heterocycles. The lowest BCUT2D eigenvalue weighted by Gasteiger charge is -2.60. The van der Waals surface area contributed by atoms with E-state index in [9.17, 15) is 0 Å². The highest BCUT2D eigenvalue weighted by atomic mass is 28.2. The van der Waals surface area contributed by atoms with E-state index in [0.29, 0.717) is 22.9 Å². The Morgan fingerprint density at radius 3 is 1.92 bits per heavy atom. The van der Waals surface area contributed by atoms with Crippen LogP contribution in [0.2, 0.25) is 0 Å². The fourth-order valence-electron chi connectivity index (χ4n) is 7.35. The molecule has 1 N–H and O–H groups in total. The van der Waals surface area contributed by atoms with Gasteiger partial charge in [-0.15, -0.1) is 0 Å². The quantitative estimate of drug-likeness (QED) is 0.148. The summed E-state index contributed by atoms with van der Waals surface area (Å²) in [4.78, 5) is 27.7. The van der Waals surface area contributed by atoms with Gasteiger partial charge in [0.05, 0.1) is 31.9 Å². The maximum absolute atomic E-state index is 15.8. The number of methoxy groups -OCH3 is 2. The van der Waals surface area contributed by atoms with E-state index in [2.05, 4.69) is 41.6 Å². The summed E-state index contributed by atoms with van der Waals surface area (Å²) in [6, 6.07) is 31.1. The van der Waals surface area contributed by atoms with Gasteiger partial charge in [-0.2, -0.15) is 4.98 Å². The molecular weight excluding hydrogens is 650 g/mol. The number of benzene rings is 4. The molecule has 1 unspecified atom stereocenters. The van der Waals surface area contributed by atoms with Crippen molar-refractivity contribution in [2.45, 2.75) is 45.4 Å². The average molecular weight is 689 g/mol. The van der Waals surface area contributed by atoms with Gasteiger partial charge in [-0.25, -0.2) is 19.1 Å². The molecule has 11 heteroatoms. The molecule has 3 radical (unpaired) electrons. The van der Waals surface area contributed by atoms with Crippen LogP contribution in [0.25, 0.3) is 0 Å². The number of nitrogens with zero attached hydrogens (tertiary/aromatic N) is 4. The number of fused-ring (bicyclic) bond motifs is 1. The summed E-state index contributed by atoms with van der Waals surface area (Å²) < 4.78 is 32.9. The van der Waals surface area contributed by atoms with Crippen molar-refractivity contribution < 1.29 is 23.1 Å². The van der Waals surface area contributed by atoms with Gasteiger partial charge in [0, 0.05) is 23.5 Å². The van der Waals surface area contributed by atoms with Crippen LogP contribution in [-0.4, -0.2) is 46.4 Å². The highest BCUT2D eigenvalue weighted by Gasteiger charge is 2.63. The highest BCUT2D eigenvalue weighted by molar-refractivity contribution is 6.08. The van der Waals surface area contributed by atoms with Crippen LogP contribution >= 0.6 is 0 Å². The van der Waals surface area contributed by atoms with Gasteiger partial charge < -0.3 is 19.2 Å². The normalized spacial score (nSPS) is 14.5. The third-order valence-electron chi connectivity index (χ3n) is 9.46. The van der Waals surface area contributed by atoms with E-state index in [1.165, 1.54) is 29.0 Å². The number of rotatable bonds is 10. The third-order valence-corrected chi connectivity index (χ3v) is 9.85. The van der Waals surface area contributed by atoms with Crippen LogP contribution in [0.15, 0.2) is 109 Å². The number of carbonyl (C=O) groups excluding carboxylic acids is 1. The molecule has 0 fully saturated rings. The standard InChI is InChI=1S/C39H39FN5O4Si/c1-37(2,3)39(27-13-9-7-10-14-27,28-15-11-8-12-16-28)38(4,49-50)45-34-26(24-41-35(43-34)42-29-17-19-30(47-5)20-18-29)25-44(36(45)46)33-22-21-31(48-6)23-32(33)40/h7-24H,25H2,1-6H3,(H,41,42,43). The van der Waals surface area contributed by atoms with Gasteiger partial charge >= 0.3 is 6.03 Å². The monoisotopic (exact) mass is 688 g/mol. The van der Waals surface area contributed by atoms with E-state index in [-0.39, 0.29) is 18.2 Å². The summed E-state index contributed by atoms with van der Waals surface area (Å²) in [5.74, 6) is 0.989. The first-order chi connectivity index (χ1) is 24.0. The van der Waals surface area contributed by atoms with Crippen LogP contribution in [-0.2, 0) is 16.4 Å². The topological polar surface area (TPSA) is 89.1 Å². The lowest BCUT2D eigenvalue weighted by Crippen LogP contribution is -2.71. The van der Waals surface area contributed by atoms with Crippen molar-refractivity contribution in [1.29, 1.82) is 0 Å². The maximum atomic E-state index is 15.8. The van der Waals surface area contributed by atoms with Crippen molar-refractivity contribution >= 4 is 39.7 Å². The molecule has 255 valence electrons. The van der Waals surface area contributed by atoms with Gasteiger partial charge in [0.15, 0.2) is 11.5 Å². The van der Waals surface area contributed by atoms with Gasteiger partial charge in [-0.3, -0.25) is 4.90 Å². The van der Waals surface area contributed by atoms with Crippen LogP contribution in [0, 0.1) is 11.2 Å². The molecule has 6 rings (SSSR count). The number of carbonyl (C=O) groups is 1. The first-order valence-electron chi connectivity index (χ1n) is 16.2. The number of nitrogens with one attached hydrogen (secondary N) is 1. The number of amides is 2. The van der Waals surface area contributed by atoms with E-state index in [1.807, 2.05) is 91.9 Å². The molecule has 50 heavy (non-hydrogen) atoms. The Morgan fingerprint density at radius 2 is 1.40 bits per heavy atom. The lowest BCUT2D eigenvalue weighted by atomic mass is 9.53. The molecule has 9 nitrogen and oxygen atoms in total. The van der Waals surface area contributed by atoms with Crippen molar-refractivity contribution in [3.8, 4) is 11.5 Å². The summed E-state index contributed by atoms with van der Waals surface area (Å²) in [5, 5.41) is 3.25. The molecule has 4 aromatic carbocycles. The summed E-state index contributed by atoms with van der Waals surface area (Å²) in [7, 11) is 6.57. The summed E-state index contributed by atoms with van der Waals surface area (Å²) in [6.45, 7) is 8.21. The molecule has 0 saturated heterocycles. The minimum atomic E-state index is -1.55.